The van der Waals surface area contributed by atoms with Crippen molar-refractivity contribution in [2.45, 2.75) is 6.42 Å². The quantitative estimate of drug-likeness (QED) is 0.575. The third-order valence-electron chi connectivity index (χ3n) is 3.29. The number of hydrogen-bond donors (Lipinski definition) is 3. The number of carbonyl (C=O) groups excluding carboxylic acids is 1. The van der Waals surface area contributed by atoms with Crippen LogP contribution in [-0.4, -0.2) is 39.2 Å². The number of benzene rings is 1. The number of aromatic nitrogens is 4. The normalized spacial score (nSPS) is 10.7. The molecule has 0 unspecified atom stereocenters. The van der Waals surface area contributed by atoms with Crippen molar-refractivity contribution in [3.63, 3.8) is 0 Å². The van der Waals surface area contributed by atoms with Crippen LogP contribution in [0.15, 0.2) is 41.3 Å². The van der Waals surface area contributed by atoms with Gasteiger partial charge in [0.15, 0.2) is 5.65 Å². The van der Waals surface area contributed by atoms with Gasteiger partial charge in [0.25, 0.3) is 5.91 Å². The van der Waals surface area contributed by atoms with Crippen molar-refractivity contribution in [2.75, 3.05) is 18.4 Å². The lowest BCUT2D eigenvalue weighted by molar-refractivity contribution is 0.0953. The summed E-state index contributed by atoms with van der Waals surface area (Å²) in [6, 6.07) is 7.27. The number of halogens is 1. The summed E-state index contributed by atoms with van der Waals surface area (Å²) in [6.07, 6.45) is 3.96. The van der Waals surface area contributed by atoms with Gasteiger partial charge >= 0.3 is 0 Å². The molecule has 3 rings (SSSR count). The van der Waals surface area contributed by atoms with Gasteiger partial charge < -0.3 is 10.6 Å². The molecule has 3 aromatic rings. The number of nitrogens with zero attached hydrogens (tertiary/aromatic N) is 3. The highest BCUT2D eigenvalue weighted by atomic mass is 79.9. The molecule has 0 saturated heterocycles. The van der Waals surface area contributed by atoms with E-state index >= 15 is 0 Å². The Morgan fingerprint density at radius 2 is 2.00 bits per heavy atom. The fourth-order valence-corrected chi connectivity index (χ4v) is 2.37. The van der Waals surface area contributed by atoms with Gasteiger partial charge in [0, 0.05) is 23.1 Å². The Labute approximate surface area is 141 Å². The van der Waals surface area contributed by atoms with Crippen LogP contribution in [0.3, 0.4) is 0 Å². The maximum Gasteiger partial charge on any atom is 0.251 e. The van der Waals surface area contributed by atoms with E-state index in [2.05, 4.69) is 46.7 Å². The third-order valence-corrected chi connectivity index (χ3v) is 3.81. The fourth-order valence-electron chi connectivity index (χ4n) is 2.11. The van der Waals surface area contributed by atoms with Gasteiger partial charge in [-0.25, -0.2) is 9.97 Å². The van der Waals surface area contributed by atoms with Gasteiger partial charge in [-0.15, -0.1) is 0 Å². The predicted octanol–water partition coefficient (Wildman–Crippen LogP) is 2.35. The molecule has 0 radical (unpaired) electrons. The topological polar surface area (TPSA) is 95.6 Å². The molecule has 0 fully saturated rings. The molecular weight excluding hydrogens is 360 g/mol. The number of rotatable bonds is 6. The lowest BCUT2D eigenvalue weighted by atomic mass is 10.2. The van der Waals surface area contributed by atoms with Gasteiger partial charge in [0.1, 0.15) is 12.1 Å². The summed E-state index contributed by atoms with van der Waals surface area (Å²) >= 11 is 3.35. The molecule has 0 saturated carbocycles. The first-order valence-electron chi connectivity index (χ1n) is 7.16. The summed E-state index contributed by atoms with van der Waals surface area (Å²) in [5.41, 5.74) is 1.35. The highest BCUT2D eigenvalue weighted by Gasteiger charge is 2.06. The molecular formula is C15H15BrN6O. The molecule has 0 aliphatic heterocycles. The standard InChI is InChI=1S/C15H15BrN6O/c16-11-4-2-10(3-5-11)15(23)18-7-1-6-17-13-12-8-21-22-14(12)20-9-19-13/h2-5,8-9H,1,6-7H2,(H,18,23)(H2,17,19,20,21,22). The van der Waals surface area contributed by atoms with Crippen LogP contribution in [0.1, 0.15) is 16.8 Å². The van der Waals surface area contributed by atoms with Gasteiger partial charge in [-0.3, -0.25) is 9.89 Å². The number of amides is 1. The van der Waals surface area contributed by atoms with E-state index in [0.29, 0.717) is 24.3 Å². The second-order valence-electron chi connectivity index (χ2n) is 4.90. The number of fused-ring (bicyclic) bond motifs is 1. The Morgan fingerprint density at radius 1 is 1.17 bits per heavy atom. The van der Waals surface area contributed by atoms with E-state index in [0.717, 1.165) is 22.1 Å². The summed E-state index contributed by atoms with van der Waals surface area (Å²) in [7, 11) is 0. The second-order valence-corrected chi connectivity index (χ2v) is 5.81. The average Bonchev–Trinajstić information content (AvgIpc) is 3.04. The number of H-pyrrole nitrogens is 1. The van der Waals surface area contributed by atoms with Crippen LogP contribution >= 0.6 is 15.9 Å². The van der Waals surface area contributed by atoms with Crippen LogP contribution in [-0.2, 0) is 0 Å². The molecule has 23 heavy (non-hydrogen) atoms. The van der Waals surface area contributed by atoms with Crippen molar-refractivity contribution in [2.24, 2.45) is 0 Å². The second kappa shape index (κ2) is 7.19. The molecule has 0 spiro atoms. The predicted molar refractivity (Wildman–Crippen MR) is 91.3 cm³/mol. The Kier molecular flexibility index (Phi) is 4.82. The molecule has 0 aliphatic rings. The first-order chi connectivity index (χ1) is 11.2. The van der Waals surface area contributed by atoms with Gasteiger partial charge in [0.05, 0.1) is 11.6 Å². The first-order valence-corrected chi connectivity index (χ1v) is 7.95. The zero-order valence-corrected chi connectivity index (χ0v) is 13.8. The monoisotopic (exact) mass is 374 g/mol. The Bertz CT molecular complexity index is 801. The highest BCUT2D eigenvalue weighted by molar-refractivity contribution is 9.10. The molecule has 1 aromatic carbocycles. The minimum atomic E-state index is -0.0724. The minimum Gasteiger partial charge on any atom is -0.369 e. The van der Waals surface area contributed by atoms with Crippen molar-refractivity contribution >= 4 is 38.7 Å². The van der Waals surface area contributed by atoms with Gasteiger partial charge in [-0.1, -0.05) is 15.9 Å². The van der Waals surface area contributed by atoms with E-state index < -0.39 is 0 Å². The summed E-state index contributed by atoms with van der Waals surface area (Å²) in [5, 5.41) is 13.7. The number of aromatic amines is 1. The van der Waals surface area contributed by atoms with Crippen LogP contribution in [0, 0.1) is 0 Å². The Balaban J connectivity index is 1.44. The zero-order valence-electron chi connectivity index (χ0n) is 12.2. The number of hydrogen-bond acceptors (Lipinski definition) is 5. The molecule has 2 aromatic heterocycles. The summed E-state index contributed by atoms with van der Waals surface area (Å²) in [4.78, 5) is 20.2. The van der Waals surface area contributed by atoms with Crippen LogP contribution in [0.4, 0.5) is 5.82 Å². The van der Waals surface area contributed by atoms with Crippen molar-refractivity contribution in [3.05, 3.63) is 46.8 Å². The largest absolute Gasteiger partial charge is 0.369 e. The minimum absolute atomic E-state index is 0.0724. The molecule has 2 heterocycles. The van der Waals surface area contributed by atoms with E-state index in [1.54, 1.807) is 18.3 Å². The van der Waals surface area contributed by atoms with Crippen LogP contribution < -0.4 is 10.6 Å². The van der Waals surface area contributed by atoms with Crippen LogP contribution in [0.2, 0.25) is 0 Å². The molecule has 0 bridgehead atoms. The van der Waals surface area contributed by atoms with Crippen molar-refractivity contribution in [3.8, 4) is 0 Å². The molecule has 8 heteroatoms. The molecule has 3 N–H and O–H groups in total. The van der Waals surface area contributed by atoms with E-state index in [-0.39, 0.29) is 5.91 Å². The van der Waals surface area contributed by atoms with Crippen LogP contribution in [0.25, 0.3) is 11.0 Å². The van der Waals surface area contributed by atoms with Crippen molar-refractivity contribution < 1.29 is 4.79 Å². The zero-order chi connectivity index (χ0) is 16.1. The molecule has 0 atom stereocenters. The van der Waals surface area contributed by atoms with Gasteiger partial charge in [-0.2, -0.15) is 5.10 Å². The Morgan fingerprint density at radius 3 is 2.83 bits per heavy atom. The highest BCUT2D eigenvalue weighted by Crippen LogP contribution is 2.15. The lowest BCUT2D eigenvalue weighted by Gasteiger charge is -2.07. The number of carbonyl (C=O) groups is 1. The van der Waals surface area contributed by atoms with Gasteiger partial charge in [0.2, 0.25) is 0 Å². The summed E-state index contributed by atoms with van der Waals surface area (Å²) in [6.45, 7) is 1.28. The van der Waals surface area contributed by atoms with E-state index in [9.17, 15) is 4.79 Å². The fraction of sp³-hybridized carbons (Fsp3) is 0.200. The maximum atomic E-state index is 11.9. The number of nitrogens with one attached hydrogen (secondary N) is 3. The smallest absolute Gasteiger partial charge is 0.251 e. The van der Waals surface area contributed by atoms with Crippen molar-refractivity contribution in [1.29, 1.82) is 0 Å². The van der Waals surface area contributed by atoms with E-state index in [4.69, 9.17) is 0 Å². The average molecular weight is 375 g/mol. The molecule has 1 amide bonds. The lowest BCUT2D eigenvalue weighted by Crippen LogP contribution is -2.25. The molecule has 0 aliphatic carbocycles. The SMILES string of the molecule is O=C(NCCCNc1ncnc2[nH]ncc12)c1ccc(Br)cc1. The maximum absolute atomic E-state index is 11.9. The van der Waals surface area contributed by atoms with E-state index in [1.165, 1.54) is 6.33 Å². The van der Waals surface area contributed by atoms with E-state index in [1.807, 2.05) is 12.1 Å². The van der Waals surface area contributed by atoms with Crippen molar-refractivity contribution in [1.82, 2.24) is 25.5 Å². The number of anilines is 1. The van der Waals surface area contributed by atoms with Crippen LogP contribution in [0.5, 0.6) is 0 Å². The van der Waals surface area contributed by atoms with Gasteiger partial charge in [-0.05, 0) is 30.7 Å². The molecule has 118 valence electrons. The Hall–Kier alpha value is -2.48. The summed E-state index contributed by atoms with van der Waals surface area (Å²) < 4.78 is 0.952. The third kappa shape index (κ3) is 3.84. The summed E-state index contributed by atoms with van der Waals surface area (Å²) in [5.74, 6) is 0.666. The first kappa shape index (κ1) is 15.4. The molecule has 7 nitrogen and oxygen atoms in total.